The molecule has 4 nitrogen and oxygen atoms in total. The van der Waals surface area contributed by atoms with Crippen LogP contribution in [0.2, 0.25) is 0 Å². The smallest absolute Gasteiger partial charge is 0.221 e. The molecule has 112 valence electrons. The number of carbonyl (C=O) groups excluding carboxylic acids is 1. The molecule has 0 aliphatic carbocycles. The van der Waals surface area contributed by atoms with Gasteiger partial charge >= 0.3 is 0 Å². The van der Waals surface area contributed by atoms with E-state index in [2.05, 4.69) is 39.8 Å². The maximum Gasteiger partial charge on any atom is 0.221 e. The molecule has 5 heteroatoms. The molecule has 2 rings (SSSR count). The molecular weight excluding hydrogens is 282 g/mol. The Bertz CT molecular complexity index is 590. The summed E-state index contributed by atoms with van der Waals surface area (Å²) in [7, 11) is 4.07. The van der Waals surface area contributed by atoms with Crippen LogP contribution in [0.3, 0.4) is 0 Å². The van der Waals surface area contributed by atoms with E-state index in [1.807, 2.05) is 25.5 Å². The van der Waals surface area contributed by atoms with Crippen LogP contribution in [0.4, 0.5) is 11.4 Å². The van der Waals surface area contributed by atoms with Crippen molar-refractivity contribution in [3.63, 3.8) is 0 Å². The summed E-state index contributed by atoms with van der Waals surface area (Å²) >= 11 is 1.65. The predicted molar refractivity (Wildman–Crippen MR) is 89.9 cm³/mol. The summed E-state index contributed by atoms with van der Waals surface area (Å²) in [5.74, 6) is -0.0334. The van der Waals surface area contributed by atoms with Crippen LogP contribution in [0.1, 0.15) is 17.4 Å². The van der Waals surface area contributed by atoms with Crippen molar-refractivity contribution in [1.82, 2.24) is 5.32 Å². The van der Waals surface area contributed by atoms with Crippen LogP contribution in [0.5, 0.6) is 0 Å². The molecule has 0 saturated carbocycles. The normalized spacial score (nSPS) is 10.4. The Morgan fingerprint density at radius 2 is 1.86 bits per heavy atom. The van der Waals surface area contributed by atoms with E-state index in [1.54, 1.807) is 11.3 Å². The fraction of sp³-hybridized carbons (Fsp3) is 0.312. The summed E-state index contributed by atoms with van der Waals surface area (Å²) in [5.41, 5.74) is 3.35. The van der Waals surface area contributed by atoms with E-state index in [0.29, 0.717) is 0 Å². The highest BCUT2D eigenvalue weighted by Crippen LogP contribution is 2.22. The van der Waals surface area contributed by atoms with E-state index in [0.717, 1.165) is 23.7 Å². The minimum Gasteiger partial charge on any atom is -0.378 e. The zero-order valence-corrected chi connectivity index (χ0v) is 13.5. The van der Waals surface area contributed by atoms with Gasteiger partial charge in [0.2, 0.25) is 5.91 Å². The SMILES string of the molecule is CC(=O)Nc1ccsc1CNCc1ccc(N(C)C)cc1. The van der Waals surface area contributed by atoms with Gasteiger partial charge in [-0.3, -0.25) is 4.79 Å². The Morgan fingerprint density at radius 3 is 2.48 bits per heavy atom. The van der Waals surface area contributed by atoms with Crippen molar-refractivity contribution in [2.24, 2.45) is 0 Å². The molecule has 1 heterocycles. The van der Waals surface area contributed by atoms with Gasteiger partial charge in [-0.1, -0.05) is 12.1 Å². The molecular formula is C16H21N3OS. The molecule has 0 atom stereocenters. The Kier molecular flexibility index (Phi) is 5.36. The third-order valence-corrected chi connectivity index (χ3v) is 4.04. The number of rotatable bonds is 6. The summed E-state index contributed by atoms with van der Waals surface area (Å²) in [6, 6.07) is 10.4. The van der Waals surface area contributed by atoms with Gasteiger partial charge in [-0.25, -0.2) is 0 Å². The van der Waals surface area contributed by atoms with E-state index in [4.69, 9.17) is 0 Å². The number of hydrogen-bond donors (Lipinski definition) is 2. The lowest BCUT2D eigenvalue weighted by atomic mass is 10.2. The topological polar surface area (TPSA) is 44.4 Å². The van der Waals surface area contributed by atoms with Crippen molar-refractivity contribution in [3.8, 4) is 0 Å². The zero-order chi connectivity index (χ0) is 15.2. The van der Waals surface area contributed by atoms with E-state index >= 15 is 0 Å². The van der Waals surface area contributed by atoms with Crippen LogP contribution in [0.25, 0.3) is 0 Å². The first-order chi connectivity index (χ1) is 10.1. The molecule has 1 aromatic carbocycles. The molecule has 1 aromatic heterocycles. The Morgan fingerprint density at radius 1 is 1.14 bits per heavy atom. The fourth-order valence-electron chi connectivity index (χ4n) is 2.01. The largest absolute Gasteiger partial charge is 0.378 e. The van der Waals surface area contributed by atoms with Gasteiger partial charge in [0.25, 0.3) is 0 Å². The van der Waals surface area contributed by atoms with Crippen molar-refractivity contribution in [2.45, 2.75) is 20.0 Å². The van der Waals surface area contributed by atoms with E-state index in [-0.39, 0.29) is 5.91 Å². The second kappa shape index (κ2) is 7.24. The van der Waals surface area contributed by atoms with Gasteiger partial charge in [-0.15, -0.1) is 11.3 Å². The van der Waals surface area contributed by atoms with Crippen molar-refractivity contribution in [2.75, 3.05) is 24.3 Å². The van der Waals surface area contributed by atoms with Crippen LogP contribution < -0.4 is 15.5 Å². The van der Waals surface area contributed by atoms with Crippen molar-refractivity contribution in [1.29, 1.82) is 0 Å². The van der Waals surface area contributed by atoms with Gasteiger partial charge in [0.1, 0.15) is 0 Å². The third-order valence-electron chi connectivity index (χ3n) is 3.12. The van der Waals surface area contributed by atoms with Crippen molar-refractivity contribution < 1.29 is 4.79 Å². The van der Waals surface area contributed by atoms with E-state index in [1.165, 1.54) is 18.2 Å². The number of benzene rings is 1. The minimum atomic E-state index is -0.0334. The molecule has 1 amide bonds. The lowest BCUT2D eigenvalue weighted by Gasteiger charge is -2.13. The maximum absolute atomic E-state index is 11.1. The molecule has 0 radical (unpaired) electrons. The molecule has 0 fully saturated rings. The monoisotopic (exact) mass is 303 g/mol. The van der Waals surface area contributed by atoms with E-state index < -0.39 is 0 Å². The maximum atomic E-state index is 11.1. The number of nitrogens with zero attached hydrogens (tertiary/aromatic N) is 1. The van der Waals surface area contributed by atoms with Gasteiger partial charge in [0.15, 0.2) is 0 Å². The Hall–Kier alpha value is -1.85. The molecule has 2 N–H and O–H groups in total. The highest BCUT2D eigenvalue weighted by molar-refractivity contribution is 7.10. The summed E-state index contributed by atoms with van der Waals surface area (Å²) in [6.45, 7) is 3.09. The number of amides is 1. The van der Waals surface area contributed by atoms with Crippen LogP contribution in [-0.4, -0.2) is 20.0 Å². The first kappa shape index (κ1) is 15.5. The summed E-state index contributed by atoms with van der Waals surface area (Å²) in [5, 5.41) is 8.25. The predicted octanol–water partition coefficient (Wildman–Crippen LogP) is 3.06. The van der Waals surface area contributed by atoms with Crippen molar-refractivity contribution >= 4 is 28.6 Å². The third kappa shape index (κ3) is 4.58. The van der Waals surface area contributed by atoms with Gasteiger partial charge in [0, 0.05) is 44.7 Å². The highest BCUT2D eigenvalue weighted by atomic mass is 32.1. The first-order valence-corrected chi connectivity index (χ1v) is 7.75. The van der Waals surface area contributed by atoms with Gasteiger partial charge in [-0.05, 0) is 29.1 Å². The molecule has 0 aliphatic heterocycles. The van der Waals surface area contributed by atoms with E-state index in [9.17, 15) is 4.79 Å². The molecule has 0 saturated heterocycles. The number of thiophene rings is 1. The van der Waals surface area contributed by atoms with Crippen LogP contribution in [0.15, 0.2) is 35.7 Å². The van der Waals surface area contributed by atoms with Crippen LogP contribution >= 0.6 is 11.3 Å². The highest BCUT2D eigenvalue weighted by Gasteiger charge is 2.05. The average molecular weight is 303 g/mol. The standard InChI is InChI=1S/C16H21N3OS/c1-12(20)18-15-8-9-21-16(15)11-17-10-13-4-6-14(7-5-13)19(2)3/h4-9,17H,10-11H2,1-3H3,(H,18,20). The molecule has 21 heavy (non-hydrogen) atoms. The fourth-order valence-corrected chi connectivity index (χ4v) is 2.81. The number of anilines is 2. The number of nitrogens with one attached hydrogen (secondary N) is 2. The van der Waals surface area contributed by atoms with Gasteiger partial charge in [-0.2, -0.15) is 0 Å². The summed E-state index contributed by atoms with van der Waals surface area (Å²) in [6.07, 6.45) is 0. The average Bonchev–Trinajstić information content (AvgIpc) is 2.86. The Labute approximate surface area is 129 Å². The molecule has 0 bridgehead atoms. The van der Waals surface area contributed by atoms with Crippen molar-refractivity contribution in [3.05, 3.63) is 46.2 Å². The lowest BCUT2D eigenvalue weighted by molar-refractivity contribution is -0.114. The minimum absolute atomic E-state index is 0.0334. The molecule has 0 spiro atoms. The summed E-state index contributed by atoms with van der Waals surface area (Å²) in [4.78, 5) is 14.3. The summed E-state index contributed by atoms with van der Waals surface area (Å²) < 4.78 is 0. The Balaban J connectivity index is 1.87. The van der Waals surface area contributed by atoms with Gasteiger partial charge in [0.05, 0.1) is 5.69 Å². The molecule has 0 aliphatic rings. The molecule has 0 unspecified atom stereocenters. The van der Waals surface area contributed by atoms with Crippen LogP contribution in [-0.2, 0) is 17.9 Å². The quantitative estimate of drug-likeness (QED) is 0.862. The lowest BCUT2D eigenvalue weighted by Crippen LogP contribution is -2.14. The second-order valence-electron chi connectivity index (χ2n) is 5.10. The number of carbonyl (C=O) groups is 1. The zero-order valence-electron chi connectivity index (χ0n) is 12.6. The molecule has 2 aromatic rings. The second-order valence-corrected chi connectivity index (χ2v) is 6.10. The first-order valence-electron chi connectivity index (χ1n) is 6.87. The van der Waals surface area contributed by atoms with Gasteiger partial charge < -0.3 is 15.5 Å². The van der Waals surface area contributed by atoms with Crippen LogP contribution in [0, 0.1) is 0 Å². The number of hydrogen-bond acceptors (Lipinski definition) is 4.